The van der Waals surface area contributed by atoms with Crippen LogP contribution in [0, 0.1) is 12.8 Å². The van der Waals surface area contributed by atoms with Gasteiger partial charge in [0.25, 0.3) is 0 Å². The Balaban J connectivity index is 2.47. The number of amides is 2. The molecule has 0 saturated carbocycles. The molecule has 0 bridgehead atoms. The lowest BCUT2D eigenvalue weighted by molar-refractivity contribution is -0.140. The standard InChI is InChI=1S/C25H33Cl2N3O4S/c1-6-22(25(32)28-14-17(2)3)29(15-19-10-8-7-9-18(19)4)24(31)16-30(35(5,33)34)23-12-11-20(26)13-21(23)27/h7-13,17,22H,6,14-16H2,1-5H3,(H,28,32)/t22-/m0/s1. The zero-order valence-electron chi connectivity index (χ0n) is 20.7. The summed E-state index contributed by atoms with van der Waals surface area (Å²) >= 11 is 12.2. The van der Waals surface area contributed by atoms with E-state index >= 15 is 0 Å². The number of anilines is 1. The minimum absolute atomic E-state index is 0.0999. The van der Waals surface area contributed by atoms with E-state index in [-0.39, 0.29) is 29.1 Å². The Hall–Kier alpha value is -2.29. The zero-order valence-corrected chi connectivity index (χ0v) is 23.0. The van der Waals surface area contributed by atoms with E-state index in [0.717, 1.165) is 21.7 Å². The maximum atomic E-state index is 13.7. The van der Waals surface area contributed by atoms with Gasteiger partial charge in [-0.05, 0) is 48.6 Å². The number of halogens is 2. The molecular weight excluding hydrogens is 509 g/mol. The van der Waals surface area contributed by atoms with Gasteiger partial charge in [-0.25, -0.2) is 8.42 Å². The van der Waals surface area contributed by atoms with Gasteiger partial charge >= 0.3 is 0 Å². The first-order valence-corrected chi connectivity index (χ1v) is 14.0. The third kappa shape index (κ3) is 8.12. The Kier molecular flexibility index (Phi) is 10.4. The van der Waals surface area contributed by atoms with E-state index in [1.54, 1.807) is 0 Å². The number of rotatable bonds is 11. The molecule has 1 N–H and O–H groups in total. The Labute approximate surface area is 218 Å². The SMILES string of the molecule is CC[C@@H](C(=O)NCC(C)C)N(Cc1ccccc1C)C(=O)CN(c1ccc(Cl)cc1Cl)S(C)(=O)=O. The van der Waals surface area contributed by atoms with Crippen LogP contribution in [0.15, 0.2) is 42.5 Å². The van der Waals surface area contributed by atoms with Crippen LogP contribution >= 0.6 is 23.2 Å². The Morgan fingerprint density at radius 1 is 1.09 bits per heavy atom. The molecule has 0 fully saturated rings. The second-order valence-electron chi connectivity index (χ2n) is 8.88. The van der Waals surface area contributed by atoms with Crippen molar-refractivity contribution in [2.75, 3.05) is 23.7 Å². The third-order valence-corrected chi connectivity index (χ3v) is 7.19. The van der Waals surface area contributed by atoms with Crippen molar-refractivity contribution in [3.05, 3.63) is 63.6 Å². The number of hydrogen-bond acceptors (Lipinski definition) is 4. The number of nitrogens with one attached hydrogen (secondary N) is 1. The second-order valence-corrected chi connectivity index (χ2v) is 11.6. The predicted octanol–water partition coefficient (Wildman–Crippen LogP) is 4.65. The minimum Gasteiger partial charge on any atom is -0.354 e. The van der Waals surface area contributed by atoms with Crippen LogP contribution in [0.1, 0.15) is 38.3 Å². The van der Waals surface area contributed by atoms with Gasteiger partial charge in [0.1, 0.15) is 12.6 Å². The number of carbonyl (C=O) groups is 2. The third-order valence-electron chi connectivity index (χ3n) is 5.53. The summed E-state index contributed by atoms with van der Waals surface area (Å²) in [7, 11) is -3.88. The summed E-state index contributed by atoms with van der Waals surface area (Å²) in [6, 6.07) is 11.2. The molecule has 0 heterocycles. The highest BCUT2D eigenvalue weighted by atomic mass is 35.5. The summed E-state index contributed by atoms with van der Waals surface area (Å²) in [4.78, 5) is 28.2. The van der Waals surface area contributed by atoms with Crippen LogP contribution in [0.2, 0.25) is 10.0 Å². The molecule has 0 aromatic heterocycles. The average molecular weight is 543 g/mol. The molecule has 192 valence electrons. The van der Waals surface area contributed by atoms with E-state index in [4.69, 9.17) is 23.2 Å². The van der Waals surface area contributed by atoms with Gasteiger partial charge in [0.2, 0.25) is 21.8 Å². The summed E-state index contributed by atoms with van der Waals surface area (Å²) in [6.45, 7) is 7.83. The molecule has 10 heteroatoms. The lowest BCUT2D eigenvalue weighted by Gasteiger charge is -2.33. The highest BCUT2D eigenvalue weighted by molar-refractivity contribution is 7.92. The molecule has 0 aliphatic heterocycles. The van der Waals surface area contributed by atoms with Crippen LogP contribution in [0.5, 0.6) is 0 Å². The fraction of sp³-hybridized carbons (Fsp3) is 0.440. The molecule has 0 aliphatic rings. The van der Waals surface area contributed by atoms with Gasteiger partial charge < -0.3 is 10.2 Å². The second kappa shape index (κ2) is 12.6. The zero-order chi connectivity index (χ0) is 26.3. The monoisotopic (exact) mass is 541 g/mol. The van der Waals surface area contributed by atoms with Crippen LogP contribution in [-0.2, 0) is 26.2 Å². The Bertz CT molecular complexity index is 1160. The molecule has 35 heavy (non-hydrogen) atoms. The molecule has 2 aromatic carbocycles. The first-order valence-electron chi connectivity index (χ1n) is 11.4. The van der Waals surface area contributed by atoms with Crippen LogP contribution in [0.3, 0.4) is 0 Å². The van der Waals surface area contributed by atoms with Crippen LogP contribution in [0.4, 0.5) is 5.69 Å². The van der Waals surface area contributed by atoms with E-state index in [1.165, 1.54) is 23.1 Å². The fourth-order valence-electron chi connectivity index (χ4n) is 3.59. The quantitative estimate of drug-likeness (QED) is 0.448. The van der Waals surface area contributed by atoms with Crippen molar-refractivity contribution in [1.29, 1.82) is 0 Å². The van der Waals surface area contributed by atoms with Crippen molar-refractivity contribution in [3.63, 3.8) is 0 Å². The van der Waals surface area contributed by atoms with E-state index in [9.17, 15) is 18.0 Å². The Morgan fingerprint density at radius 2 is 1.74 bits per heavy atom. The molecule has 2 aromatic rings. The number of benzene rings is 2. The number of aryl methyl sites for hydroxylation is 1. The predicted molar refractivity (Wildman–Crippen MR) is 142 cm³/mol. The normalized spacial score (nSPS) is 12.3. The molecular formula is C25H33Cl2N3O4S. The van der Waals surface area contributed by atoms with Gasteiger partial charge in [0, 0.05) is 18.1 Å². The van der Waals surface area contributed by atoms with E-state index in [1.807, 2.05) is 52.0 Å². The van der Waals surface area contributed by atoms with Crippen LogP contribution in [0.25, 0.3) is 0 Å². The van der Waals surface area contributed by atoms with E-state index < -0.39 is 28.5 Å². The smallest absolute Gasteiger partial charge is 0.244 e. The fourth-order valence-corrected chi connectivity index (χ4v) is 5.01. The lowest BCUT2D eigenvalue weighted by atomic mass is 10.1. The molecule has 7 nitrogen and oxygen atoms in total. The number of carbonyl (C=O) groups excluding carboxylic acids is 2. The topological polar surface area (TPSA) is 86.8 Å². The van der Waals surface area contributed by atoms with Gasteiger partial charge in [-0.2, -0.15) is 0 Å². The summed E-state index contributed by atoms with van der Waals surface area (Å²) in [5.41, 5.74) is 1.97. The van der Waals surface area contributed by atoms with E-state index in [2.05, 4.69) is 5.32 Å². The summed E-state index contributed by atoms with van der Waals surface area (Å²) < 4.78 is 26.3. The summed E-state index contributed by atoms with van der Waals surface area (Å²) in [6.07, 6.45) is 1.37. The highest BCUT2D eigenvalue weighted by Gasteiger charge is 2.32. The van der Waals surface area contributed by atoms with E-state index in [0.29, 0.717) is 18.0 Å². The van der Waals surface area contributed by atoms with Crippen molar-refractivity contribution in [2.24, 2.45) is 5.92 Å². The Morgan fingerprint density at radius 3 is 2.29 bits per heavy atom. The van der Waals surface area contributed by atoms with Crippen molar-refractivity contribution < 1.29 is 18.0 Å². The minimum atomic E-state index is -3.88. The number of nitrogens with zero attached hydrogens (tertiary/aromatic N) is 2. The molecule has 0 aliphatic carbocycles. The van der Waals surface area contributed by atoms with Crippen LogP contribution in [-0.4, -0.2) is 50.5 Å². The summed E-state index contributed by atoms with van der Waals surface area (Å²) in [5, 5.41) is 3.34. The summed E-state index contributed by atoms with van der Waals surface area (Å²) in [5.74, 6) is -0.556. The maximum absolute atomic E-state index is 13.7. The molecule has 0 unspecified atom stereocenters. The van der Waals surface area contributed by atoms with Crippen molar-refractivity contribution in [1.82, 2.24) is 10.2 Å². The van der Waals surface area contributed by atoms with Crippen molar-refractivity contribution >= 4 is 50.7 Å². The van der Waals surface area contributed by atoms with Crippen LogP contribution < -0.4 is 9.62 Å². The van der Waals surface area contributed by atoms with Gasteiger partial charge in [-0.3, -0.25) is 13.9 Å². The maximum Gasteiger partial charge on any atom is 0.244 e. The molecule has 0 saturated heterocycles. The first kappa shape index (κ1) is 28.9. The highest BCUT2D eigenvalue weighted by Crippen LogP contribution is 2.30. The van der Waals surface area contributed by atoms with Gasteiger partial charge in [0.15, 0.2) is 0 Å². The largest absolute Gasteiger partial charge is 0.354 e. The number of hydrogen-bond donors (Lipinski definition) is 1. The van der Waals surface area contributed by atoms with Crippen molar-refractivity contribution in [2.45, 2.75) is 46.7 Å². The lowest BCUT2D eigenvalue weighted by Crippen LogP contribution is -2.52. The molecule has 1 atom stereocenters. The van der Waals surface area contributed by atoms with Gasteiger partial charge in [-0.1, -0.05) is 68.2 Å². The molecule has 0 radical (unpaired) electrons. The van der Waals surface area contributed by atoms with Crippen molar-refractivity contribution in [3.8, 4) is 0 Å². The first-order chi connectivity index (χ1) is 16.3. The van der Waals surface area contributed by atoms with Gasteiger partial charge in [0.05, 0.1) is 17.0 Å². The molecule has 2 amide bonds. The average Bonchev–Trinajstić information content (AvgIpc) is 2.76. The number of sulfonamides is 1. The molecule has 2 rings (SSSR count). The molecule has 0 spiro atoms. The van der Waals surface area contributed by atoms with Gasteiger partial charge in [-0.15, -0.1) is 0 Å².